The predicted octanol–water partition coefficient (Wildman–Crippen LogP) is 0.639. The molecule has 4 heteroatoms. The Balaban J connectivity index is 1.91. The molecular formula is C12H23N3O. The van der Waals surface area contributed by atoms with Crippen LogP contribution in [0, 0.1) is 0 Å². The van der Waals surface area contributed by atoms with E-state index in [0.717, 1.165) is 13.0 Å². The second-order valence-corrected chi connectivity index (χ2v) is 4.96. The highest BCUT2D eigenvalue weighted by Gasteiger charge is 2.33. The molecule has 0 bridgehead atoms. The van der Waals surface area contributed by atoms with Gasteiger partial charge in [-0.2, -0.15) is 0 Å². The van der Waals surface area contributed by atoms with Gasteiger partial charge in [0.05, 0.1) is 12.7 Å². The molecule has 4 nitrogen and oxygen atoms in total. The van der Waals surface area contributed by atoms with Crippen LogP contribution in [0.5, 0.6) is 0 Å². The van der Waals surface area contributed by atoms with E-state index in [2.05, 4.69) is 24.1 Å². The highest BCUT2D eigenvalue weighted by atomic mass is 16.2. The van der Waals surface area contributed by atoms with Crippen LogP contribution in [0.15, 0.2) is 0 Å². The Morgan fingerprint density at radius 1 is 1.44 bits per heavy atom. The molecule has 2 unspecified atom stereocenters. The Morgan fingerprint density at radius 2 is 2.12 bits per heavy atom. The average molecular weight is 225 g/mol. The summed E-state index contributed by atoms with van der Waals surface area (Å²) in [6.45, 7) is 8.26. The maximum absolute atomic E-state index is 11.8. The van der Waals surface area contributed by atoms with E-state index >= 15 is 0 Å². The van der Waals surface area contributed by atoms with E-state index in [9.17, 15) is 4.79 Å². The molecule has 16 heavy (non-hydrogen) atoms. The van der Waals surface area contributed by atoms with E-state index in [4.69, 9.17) is 0 Å². The smallest absolute Gasteiger partial charge is 0.238 e. The third-order valence-electron chi connectivity index (χ3n) is 3.70. The molecule has 0 aromatic heterocycles. The van der Waals surface area contributed by atoms with Gasteiger partial charge in [-0.25, -0.2) is 0 Å². The number of hydrogen-bond donors (Lipinski definition) is 1. The van der Waals surface area contributed by atoms with Crippen molar-refractivity contribution >= 4 is 5.91 Å². The summed E-state index contributed by atoms with van der Waals surface area (Å²) >= 11 is 0. The van der Waals surface area contributed by atoms with Gasteiger partial charge < -0.3 is 9.80 Å². The van der Waals surface area contributed by atoms with Crippen LogP contribution in [0.4, 0.5) is 0 Å². The molecule has 2 aliphatic rings. The minimum atomic E-state index is 0.255. The first-order valence-electron chi connectivity index (χ1n) is 6.49. The minimum Gasteiger partial charge on any atom is -0.322 e. The normalized spacial score (nSPS) is 29.0. The second kappa shape index (κ2) is 5.15. The number of nitrogens with zero attached hydrogens (tertiary/aromatic N) is 2. The number of carbonyl (C=O) groups excluding carboxylic acids is 1. The average Bonchev–Trinajstić information content (AvgIpc) is 2.87. The molecule has 0 radical (unpaired) electrons. The standard InChI is InChI=1S/C12H23N3O/c1-3-11-13-8-12(16)15(11)10(2)9-14-6-4-5-7-14/h10-11,13H,3-9H2,1-2H3. The van der Waals surface area contributed by atoms with Crippen LogP contribution in [0.3, 0.4) is 0 Å². The molecule has 2 heterocycles. The highest BCUT2D eigenvalue weighted by molar-refractivity contribution is 5.81. The fraction of sp³-hybridized carbons (Fsp3) is 0.917. The van der Waals surface area contributed by atoms with Gasteiger partial charge in [-0.05, 0) is 39.3 Å². The summed E-state index contributed by atoms with van der Waals surface area (Å²) < 4.78 is 0. The third-order valence-corrected chi connectivity index (χ3v) is 3.70. The Morgan fingerprint density at radius 3 is 2.75 bits per heavy atom. The lowest BCUT2D eigenvalue weighted by atomic mass is 10.2. The van der Waals surface area contributed by atoms with Gasteiger partial charge in [-0.1, -0.05) is 6.92 Å². The van der Waals surface area contributed by atoms with Crippen LogP contribution >= 0.6 is 0 Å². The molecule has 0 spiro atoms. The molecule has 2 fully saturated rings. The van der Waals surface area contributed by atoms with Gasteiger partial charge in [0.25, 0.3) is 0 Å². The zero-order valence-corrected chi connectivity index (χ0v) is 10.4. The molecule has 0 aliphatic carbocycles. The molecule has 2 saturated heterocycles. The summed E-state index contributed by atoms with van der Waals surface area (Å²) in [7, 11) is 0. The monoisotopic (exact) mass is 225 g/mol. The van der Waals surface area contributed by atoms with E-state index in [1.54, 1.807) is 0 Å². The lowest BCUT2D eigenvalue weighted by Gasteiger charge is -2.32. The van der Waals surface area contributed by atoms with Gasteiger partial charge in [0, 0.05) is 12.6 Å². The molecule has 2 atom stereocenters. The highest BCUT2D eigenvalue weighted by Crippen LogP contribution is 2.16. The summed E-state index contributed by atoms with van der Waals surface area (Å²) in [5.74, 6) is 0.263. The summed E-state index contributed by atoms with van der Waals surface area (Å²) in [6.07, 6.45) is 3.88. The van der Waals surface area contributed by atoms with Crippen LogP contribution in [0.25, 0.3) is 0 Å². The SMILES string of the molecule is CCC1NCC(=O)N1C(C)CN1CCCC1. The fourth-order valence-corrected chi connectivity index (χ4v) is 2.89. The maximum atomic E-state index is 11.8. The van der Waals surface area contributed by atoms with Crippen molar-refractivity contribution in [2.75, 3.05) is 26.2 Å². The first kappa shape index (κ1) is 11.9. The second-order valence-electron chi connectivity index (χ2n) is 4.96. The summed E-state index contributed by atoms with van der Waals surface area (Å²) in [6, 6.07) is 0.338. The van der Waals surface area contributed by atoms with Crippen molar-refractivity contribution in [3.63, 3.8) is 0 Å². The van der Waals surface area contributed by atoms with Gasteiger partial charge in [-0.15, -0.1) is 0 Å². The van der Waals surface area contributed by atoms with Gasteiger partial charge in [0.1, 0.15) is 0 Å². The minimum absolute atomic E-state index is 0.255. The van der Waals surface area contributed by atoms with Crippen LogP contribution in [0.1, 0.15) is 33.1 Å². The Labute approximate surface area is 98.0 Å². The fourth-order valence-electron chi connectivity index (χ4n) is 2.89. The number of likely N-dealkylation sites (tertiary alicyclic amines) is 1. The molecule has 2 rings (SSSR count). The van der Waals surface area contributed by atoms with Crippen molar-refractivity contribution in [2.24, 2.45) is 0 Å². The maximum Gasteiger partial charge on any atom is 0.238 e. The molecule has 1 amide bonds. The molecule has 2 aliphatic heterocycles. The zero-order valence-electron chi connectivity index (χ0n) is 10.4. The lowest BCUT2D eigenvalue weighted by molar-refractivity contribution is -0.130. The topological polar surface area (TPSA) is 35.6 Å². The van der Waals surface area contributed by atoms with Gasteiger partial charge >= 0.3 is 0 Å². The molecule has 0 aromatic rings. The number of rotatable bonds is 4. The van der Waals surface area contributed by atoms with Crippen molar-refractivity contribution in [3.8, 4) is 0 Å². The number of nitrogens with one attached hydrogen (secondary N) is 1. The number of hydrogen-bond acceptors (Lipinski definition) is 3. The van der Waals surface area contributed by atoms with Crippen molar-refractivity contribution in [1.82, 2.24) is 15.1 Å². The van der Waals surface area contributed by atoms with Crippen LogP contribution in [-0.2, 0) is 4.79 Å². The lowest BCUT2D eigenvalue weighted by Crippen LogP contribution is -2.47. The van der Waals surface area contributed by atoms with E-state index in [1.807, 2.05) is 4.90 Å². The molecule has 0 saturated carbocycles. The van der Waals surface area contributed by atoms with E-state index in [0.29, 0.717) is 12.6 Å². The largest absolute Gasteiger partial charge is 0.322 e. The first-order valence-corrected chi connectivity index (χ1v) is 6.49. The van der Waals surface area contributed by atoms with E-state index in [1.165, 1.54) is 25.9 Å². The van der Waals surface area contributed by atoms with E-state index < -0.39 is 0 Å². The molecular weight excluding hydrogens is 202 g/mol. The summed E-state index contributed by atoms with van der Waals surface area (Å²) in [5.41, 5.74) is 0. The number of amides is 1. The number of carbonyl (C=O) groups is 1. The Hall–Kier alpha value is -0.610. The molecule has 1 N–H and O–H groups in total. The van der Waals surface area contributed by atoms with Crippen LogP contribution in [-0.4, -0.2) is 54.1 Å². The third kappa shape index (κ3) is 2.38. The van der Waals surface area contributed by atoms with Crippen molar-refractivity contribution in [1.29, 1.82) is 0 Å². The first-order chi connectivity index (χ1) is 7.72. The van der Waals surface area contributed by atoms with Gasteiger partial charge in [-0.3, -0.25) is 10.1 Å². The van der Waals surface area contributed by atoms with Crippen molar-refractivity contribution < 1.29 is 4.79 Å². The van der Waals surface area contributed by atoms with Crippen molar-refractivity contribution in [3.05, 3.63) is 0 Å². The summed E-state index contributed by atoms with van der Waals surface area (Å²) in [5, 5.41) is 3.27. The summed E-state index contributed by atoms with van der Waals surface area (Å²) in [4.78, 5) is 16.3. The zero-order chi connectivity index (χ0) is 11.5. The van der Waals surface area contributed by atoms with Crippen molar-refractivity contribution in [2.45, 2.75) is 45.3 Å². The van der Waals surface area contributed by atoms with Gasteiger partial charge in [0.15, 0.2) is 0 Å². The van der Waals surface area contributed by atoms with Crippen LogP contribution < -0.4 is 5.32 Å². The van der Waals surface area contributed by atoms with Crippen LogP contribution in [0.2, 0.25) is 0 Å². The molecule has 0 aromatic carbocycles. The molecule has 92 valence electrons. The predicted molar refractivity (Wildman–Crippen MR) is 64.1 cm³/mol. The quantitative estimate of drug-likeness (QED) is 0.762. The van der Waals surface area contributed by atoms with Gasteiger partial charge in [0.2, 0.25) is 5.91 Å². The Kier molecular flexibility index (Phi) is 3.82. The Bertz CT molecular complexity index is 251. The van der Waals surface area contributed by atoms with E-state index in [-0.39, 0.29) is 12.1 Å².